The number of nitrogens with zero attached hydrogens (tertiary/aromatic N) is 2. The van der Waals surface area contributed by atoms with E-state index in [2.05, 4.69) is 15.6 Å². The first-order valence-electron chi connectivity index (χ1n) is 11.2. The second-order valence-electron chi connectivity index (χ2n) is 8.21. The van der Waals surface area contributed by atoms with Crippen molar-refractivity contribution in [2.75, 3.05) is 19.5 Å². The Morgan fingerprint density at radius 2 is 1.68 bits per heavy atom. The minimum atomic E-state index is -0.709. The summed E-state index contributed by atoms with van der Waals surface area (Å²) in [5.74, 6) is -1.81. The van der Waals surface area contributed by atoms with Crippen molar-refractivity contribution in [3.63, 3.8) is 0 Å². The van der Waals surface area contributed by atoms with E-state index in [1.165, 1.54) is 37.7 Å². The summed E-state index contributed by atoms with van der Waals surface area (Å²) in [7, 11) is 2.59. The summed E-state index contributed by atoms with van der Waals surface area (Å²) in [6, 6.07) is 13.6. The number of nitro benzene ring substituents is 1. The van der Waals surface area contributed by atoms with E-state index in [0.29, 0.717) is 50.2 Å². The van der Waals surface area contributed by atoms with Crippen LogP contribution in [0.15, 0.2) is 76.5 Å². The Balaban J connectivity index is 1.68. The highest BCUT2D eigenvalue weighted by molar-refractivity contribution is 7.14. The van der Waals surface area contributed by atoms with Crippen molar-refractivity contribution in [1.29, 1.82) is 0 Å². The molecule has 2 N–H and O–H groups in total. The molecule has 0 bridgehead atoms. The van der Waals surface area contributed by atoms with E-state index < -0.39 is 22.8 Å². The number of hydrogen-bond acceptors (Lipinski definition) is 10. The number of benzene rings is 2. The first kappa shape index (κ1) is 25.6. The normalized spacial score (nSPS) is 13.7. The van der Waals surface area contributed by atoms with Crippen LogP contribution < -0.4 is 10.6 Å². The van der Waals surface area contributed by atoms with Crippen LogP contribution in [0, 0.1) is 10.1 Å². The van der Waals surface area contributed by atoms with E-state index in [9.17, 15) is 19.7 Å². The van der Waals surface area contributed by atoms with E-state index in [-0.39, 0.29) is 5.69 Å². The van der Waals surface area contributed by atoms with E-state index in [1.807, 2.05) is 24.3 Å². The highest BCUT2D eigenvalue weighted by Crippen LogP contribution is 2.40. The molecule has 11 heteroatoms. The quantitative estimate of drug-likeness (QED) is 0.250. The third-order valence-corrected chi connectivity index (χ3v) is 6.66. The van der Waals surface area contributed by atoms with Crippen LogP contribution in [0.1, 0.15) is 25.3 Å². The molecule has 1 aromatic heterocycles. The van der Waals surface area contributed by atoms with Gasteiger partial charge in [-0.05, 0) is 31.5 Å². The summed E-state index contributed by atoms with van der Waals surface area (Å²) in [5.41, 5.74) is 4.38. The Labute approximate surface area is 216 Å². The van der Waals surface area contributed by atoms with Crippen LogP contribution in [0.4, 0.5) is 16.5 Å². The average molecular weight is 521 g/mol. The zero-order valence-corrected chi connectivity index (χ0v) is 21.3. The van der Waals surface area contributed by atoms with Crippen molar-refractivity contribution in [3.05, 3.63) is 92.1 Å². The summed E-state index contributed by atoms with van der Waals surface area (Å²) in [4.78, 5) is 40.7. The van der Waals surface area contributed by atoms with Crippen molar-refractivity contribution in [1.82, 2.24) is 10.3 Å². The lowest BCUT2D eigenvalue weighted by Crippen LogP contribution is -2.32. The Bertz CT molecular complexity index is 1420. The van der Waals surface area contributed by atoms with Gasteiger partial charge in [0.25, 0.3) is 5.69 Å². The second kappa shape index (κ2) is 10.6. The van der Waals surface area contributed by atoms with Crippen molar-refractivity contribution in [2.24, 2.45) is 0 Å². The molecule has 190 valence electrons. The zero-order chi connectivity index (χ0) is 26.7. The van der Waals surface area contributed by atoms with Crippen LogP contribution in [0.25, 0.3) is 11.3 Å². The predicted octanol–water partition coefficient (Wildman–Crippen LogP) is 5.04. The molecule has 0 saturated carbocycles. The summed E-state index contributed by atoms with van der Waals surface area (Å²) in [6.45, 7) is 3.51. The van der Waals surface area contributed by atoms with Crippen molar-refractivity contribution < 1.29 is 24.0 Å². The summed E-state index contributed by atoms with van der Waals surface area (Å²) in [6.07, 6.45) is 0. The Morgan fingerprint density at radius 1 is 1.03 bits per heavy atom. The largest absolute Gasteiger partial charge is 0.466 e. The van der Waals surface area contributed by atoms with Gasteiger partial charge in [-0.15, -0.1) is 11.3 Å². The third-order valence-electron chi connectivity index (χ3n) is 5.90. The molecule has 2 aromatic carbocycles. The van der Waals surface area contributed by atoms with Gasteiger partial charge in [0, 0.05) is 40.2 Å². The zero-order valence-electron chi connectivity index (χ0n) is 20.5. The maximum atomic E-state index is 12.7. The fourth-order valence-electron chi connectivity index (χ4n) is 4.25. The molecule has 1 aliphatic rings. The average Bonchev–Trinajstić information content (AvgIpc) is 3.36. The number of aromatic nitrogens is 1. The molecule has 3 aromatic rings. The first-order valence-corrected chi connectivity index (χ1v) is 12.0. The summed E-state index contributed by atoms with van der Waals surface area (Å²) >= 11 is 1.34. The fourth-order valence-corrected chi connectivity index (χ4v) is 4.99. The van der Waals surface area contributed by atoms with Gasteiger partial charge in [-0.3, -0.25) is 10.1 Å². The van der Waals surface area contributed by atoms with Gasteiger partial charge in [0.05, 0.1) is 41.9 Å². The Kier molecular flexibility index (Phi) is 7.35. The van der Waals surface area contributed by atoms with Gasteiger partial charge in [-0.25, -0.2) is 14.6 Å². The van der Waals surface area contributed by atoms with Gasteiger partial charge in [-0.2, -0.15) is 0 Å². The predicted molar refractivity (Wildman–Crippen MR) is 139 cm³/mol. The molecule has 4 rings (SSSR count). The number of carbonyl (C=O) groups excluding carboxylic acids is 2. The van der Waals surface area contributed by atoms with Crippen LogP contribution in [-0.4, -0.2) is 36.1 Å². The number of ether oxygens (including phenoxy) is 2. The number of anilines is 2. The SMILES string of the molecule is COC(=O)C1=C(C)NC(C)=C(C(=O)OC)C1c1cccc(Nc2nc(-c3cccc([N+](=O)[O-])c3)cs2)c1. The highest BCUT2D eigenvalue weighted by Gasteiger charge is 2.37. The van der Waals surface area contributed by atoms with Crippen LogP contribution in [0.3, 0.4) is 0 Å². The van der Waals surface area contributed by atoms with Gasteiger partial charge in [0.1, 0.15) is 0 Å². The number of nitro groups is 1. The van der Waals surface area contributed by atoms with E-state index in [1.54, 1.807) is 31.4 Å². The molecule has 0 aliphatic carbocycles. The van der Waals surface area contributed by atoms with Crippen LogP contribution >= 0.6 is 11.3 Å². The molecule has 37 heavy (non-hydrogen) atoms. The molecule has 10 nitrogen and oxygen atoms in total. The third kappa shape index (κ3) is 5.21. The lowest BCUT2D eigenvalue weighted by molar-refractivity contribution is -0.384. The standard InChI is InChI=1S/C26H24N4O6S/c1-14-21(24(31)35-3)23(22(15(2)27-14)25(32)36-4)17-8-5-9-18(11-17)28-26-29-20(13-37-26)16-7-6-10-19(12-16)30(33)34/h5-13,23,27H,1-4H3,(H,28,29). The van der Waals surface area contributed by atoms with E-state index in [4.69, 9.17) is 9.47 Å². The first-order chi connectivity index (χ1) is 17.7. The van der Waals surface area contributed by atoms with E-state index >= 15 is 0 Å². The van der Waals surface area contributed by atoms with Gasteiger partial charge in [0.2, 0.25) is 0 Å². The highest BCUT2D eigenvalue weighted by atomic mass is 32.1. The molecular weight excluding hydrogens is 496 g/mol. The van der Waals surface area contributed by atoms with Gasteiger partial charge >= 0.3 is 11.9 Å². The van der Waals surface area contributed by atoms with Crippen LogP contribution in [-0.2, 0) is 19.1 Å². The number of thiazole rings is 1. The lowest BCUT2D eigenvalue weighted by Gasteiger charge is -2.30. The number of nitrogens with one attached hydrogen (secondary N) is 2. The minimum absolute atomic E-state index is 0.0100. The number of allylic oxidation sites excluding steroid dienone is 2. The second-order valence-corrected chi connectivity index (χ2v) is 9.07. The maximum Gasteiger partial charge on any atom is 0.336 e. The number of carbonyl (C=O) groups is 2. The van der Waals surface area contributed by atoms with E-state index in [0.717, 1.165) is 0 Å². The summed E-state index contributed by atoms with van der Waals surface area (Å²) < 4.78 is 10.1. The maximum absolute atomic E-state index is 12.7. The van der Waals surface area contributed by atoms with Gasteiger partial charge in [0.15, 0.2) is 5.13 Å². The molecule has 0 radical (unpaired) electrons. The van der Waals surface area contributed by atoms with Crippen molar-refractivity contribution in [3.8, 4) is 11.3 Å². The molecule has 0 unspecified atom stereocenters. The molecule has 0 fully saturated rings. The van der Waals surface area contributed by atoms with Crippen LogP contribution in [0.5, 0.6) is 0 Å². The minimum Gasteiger partial charge on any atom is -0.466 e. The lowest BCUT2D eigenvalue weighted by atomic mass is 9.80. The number of esters is 2. The molecule has 0 atom stereocenters. The Morgan fingerprint density at radius 3 is 2.30 bits per heavy atom. The molecule has 1 aliphatic heterocycles. The van der Waals surface area contributed by atoms with Gasteiger partial charge in [-0.1, -0.05) is 24.3 Å². The van der Waals surface area contributed by atoms with Gasteiger partial charge < -0.3 is 20.1 Å². The number of dihydropyridines is 1. The van der Waals surface area contributed by atoms with Crippen LogP contribution in [0.2, 0.25) is 0 Å². The monoisotopic (exact) mass is 520 g/mol. The van der Waals surface area contributed by atoms with Crippen molar-refractivity contribution >= 4 is 39.8 Å². The summed E-state index contributed by atoms with van der Waals surface area (Å²) in [5, 5.41) is 19.8. The fraction of sp³-hybridized carbons (Fsp3) is 0.192. The Hall–Kier alpha value is -4.51. The number of rotatable bonds is 7. The molecular formula is C26H24N4O6S. The number of methoxy groups -OCH3 is 2. The molecule has 0 saturated heterocycles. The smallest absolute Gasteiger partial charge is 0.336 e. The van der Waals surface area contributed by atoms with Crippen molar-refractivity contribution in [2.45, 2.75) is 19.8 Å². The number of non-ortho nitro benzene ring substituents is 1. The topological polar surface area (TPSA) is 133 Å². The molecule has 0 spiro atoms. The molecule has 0 amide bonds. The molecule has 2 heterocycles. The number of hydrogen-bond donors (Lipinski definition) is 2.